The zero-order valence-corrected chi connectivity index (χ0v) is 21.3. The summed E-state index contributed by atoms with van der Waals surface area (Å²) < 4.78 is 6.05. The second-order valence-electron chi connectivity index (χ2n) is 9.13. The number of hydrogen-bond acceptors (Lipinski definition) is 5. The molecule has 0 bridgehead atoms. The first kappa shape index (κ1) is 26.3. The Morgan fingerprint density at radius 2 is 1.81 bits per heavy atom. The molecule has 4 rings (SSSR count). The summed E-state index contributed by atoms with van der Waals surface area (Å²) in [6, 6.07) is 25.2. The van der Waals surface area contributed by atoms with E-state index in [0.717, 1.165) is 22.6 Å². The third-order valence-electron chi connectivity index (χ3n) is 6.40. The molecule has 3 aromatic rings. The highest BCUT2D eigenvalue weighted by Gasteiger charge is 2.40. The van der Waals surface area contributed by atoms with Crippen LogP contribution in [0.4, 0.5) is 0 Å². The summed E-state index contributed by atoms with van der Waals surface area (Å²) in [4.78, 5) is 28.1. The highest BCUT2D eigenvalue weighted by Crippen LogP contribution is 2.31. The average molecular weight is 518 g/mol. The molecule has 1 amide bonds. The third kappa shape index (κ3) is 7.36. The number of nitrogens with one attached hydrogen (secondary N) is 1. The number of nitrogens with zero attached hydrogens (tertiary/aromatic N) is 1. The lowest BCUT2D eigenvalue weighted by molar-refractivity contribution is -0.142. The van der Waals surface area contributed by atoms with Crippen LogP contribution in [0, 0.1) is 11.3 Å². The lowest BCUT2D eigenvalue weighted by Gasteiger charge is -2.25. The third-order valence-corrected chi connectivity index (χ3v) is 7.40. The topological polar surface area (TPSA) is 117 Å². The Hall–Kier alpha value is -3.78. The number of carbonyl (C=O) groups is 2. The van der Waals surface area contributed by atoms with E-state index in [2.05, 4.69) is 12.1 Å². The number of likely N-dealkylation sites (tertiary alicyclic amines) is 1. The van der Waals surface area contributed by atoms with Gasteiger partial charge in [0.15, 0.2) is 0 Å². The molecule has 1 aliphatic heterocycles. The molecule has 1 saturated heterocycles. The minimum absolute atomic E-state index is 0.0382. The van der Waals surface area contributed by atoms with Crippen molar-refractivity contribution in [1.82, 2.24) is 4.90 Å². The van der Waals surface area contributed by atoms with E-state index in [0.29, 0.717) is 30.9 Å². The van der Waals surface area contributed by atoms with E-state index in [4.69, 9.17) is 15.9 Å². The van der Waals surface area contributed by atoms with Crippen molar-refractivity contribution in [2.45, 2.75) is 41.5 Å². The van der Waals surface area contributed by atoms with Crippen molar-refractivity contribution in [3.05, 3.63) is 90.0 Å². The monoisotopic (exact) mass is 517 g/mol. The fourth-order valence-electron chi connectivity index (χ4n) is 4.56. The summed E-state index contributed by atoms with van der Waals surface area (Å²) in [5, 5.41) is 16.9. The van der Waals surface area contributed by atoms with Crippen LogP contribution in [-0.2, 0) is 16.0 Å². The van der Waals surface area contributed by atoms with Gasteiger partial charge in [0, 0.05) is 21.9 Å². The van der Waals surface area contributed by atoms with Gasteiger partial charge in [-0.2, -0.15) is 0 Å². The SMILES string of the molecule is N=C(N)c1cccc(Sc2ccc(OC[C@@H]3C[C@@H](CC(=O)O)C(=O)N3CCCc3ccccc3)cc2)c1. The van der Waals surface area contributed by atoms with Crippen LogP contribution in [0.5, 0.6) is 5.75 Å². The van der Waals surface area contributed by atoms with Crippen LogP contribution in [-0.4, -0.2) is 46.9 Å². The number of carbonyl (C=O) groups excluding carboxylic acids is 1. The predicted molar refractivity (Wildman–Crippen MR) is 144 cm³/mol. The highest BCUT2D eigenvalue weighted by molar-refractivity contribution is 7.99. The number of carboxylic acid groups (broad SMARTS) is 1. The number of carboxylic acids is 1. The minimum Gasteiger partial charge on any atom is -0.491 e. The minimum atomic E-state index is -0.953. The number of amidine groups is 1. The molecule has 1 fully saturated rings. The number of nitrogens with two attached hydrogens (primary N) is 1. The van der Waals surface area contributed by atoms with Gasteiger partial charge in [-0.05, 0) is 61.2 Å². The van der Waals surface area contributed by atoms with E-state index in [1.807, 2.05) is 71.6 Å². The molecule has 0 aliphatic carbocycles. The molecule has 8 heteroatoms. The molecule has 0 spiro atoms. The largest absolute Gasteiger partial charge is 0.491 e. The predicted octanol–water partition coefficient (Wildman–Crippen LogP) is 4.83. The second-order valence-corrected chi connectivity index (χ2v) is 10.3. The number of aliphatic carboxylic acids is 1. The number of rotatable bonds is 12. The van der Waals surface area contributed by atoms with E-state index in [9.17, 15) is 14.7 Å². The molecular weight excluding hydrogens is 486 g/mol. The van der Waals surface area contributed by atoms with E-state index >= 15 is 0 Å². The van der Waals surface area contributed by atoms with Crippen molar-refractivity contribution in [3.63, 3.8) is 0 Å². The van der Waals surface area contributed by atoms with Crippen LogP contribution in [0.2, 0.25) is 0 Å². The van der Waals surface area contributed by atoms with Gasteiger partial charge in [0.2, 0.25) is 5.91 Å². The number of aryl methyl sites for hydroxylation is 1. The maximum Gasteiger partial charge on any atom is 0.304 e. The van der Waals surface area contributed by atoms with Gasteiger partial charge in [0.05, 0.1) is 18.4 Å². The first-order valence-electron chi connectivity index (χ1n) is 12.3. The van der Waals surface area contributed by atoms with Crippen molar-refractivity contribution in [2.24, 2.45) is 11.7 Å². The van der Waals surface area contributed by atoms with Gasteiger partial charge in [-0.25, -0.2) is 0 Å². The molecule has 1 heterocycles. The van der Waals surface area contributed by atoms with E-state index in [1.54, 1.807) is 11.8 Å². The molecule has 4 N–H and O–H groups in total. The number of ether oxygens (including phenoxy) is 1. The van der Waals surface area contributed by atoms with Crippen LogP contribution < -0.4 is 10.5 Å². The fourth-order valence-corrected chi connectivity index (χ4v) is 5.44. The molecule has 3 aromatic carbocycles. The highest BCUT2D eigenvalue weighted by atomic mass is 32.2. The molecule has 0 saturated carbocycles. The maximum atomic E-state index is 13.0. The first-order chi connectivity index (χ1) is 17.9. The van der Waals surface area contributed by atoms with Gasteiger partial charge in [0.25, 0.3) is 0 Å². The van der Waals surface area contributed by atoms with Gasteiger partial charge in [0.1, 0.15) is 18.2 Å². The Bertz CT molecular complexity index is 1230. The number of benzene rings is 3. The Balaban J connectivity index is 1.35. The Morgan fingerprint density at radius 3 is 2.51 bits per heavy atom. The van der Waals surface area contributed by atoms with E-state index in [1.165, 1.54) is 5.56 Å². The van der Waals surface area contributed by atoms with Crippen molar-refractivity contribution < 1.29 is 19.4 Å². The average Bonchev–Trinajstić information content (AvgIpc) is 3.18. The summed E-state index contributed by atoms with van der Waals surface area (Å²) in [7, 11) is 0. The molecule has 192 valence electrons. The second kappa shape index (κ2) is 12.5. The van der Waals surface area contributed by atoms with Crippen molar-refractivity contribution in [1.29, 1.82) is 5.41 Å². The molecule has 0 unspecified atom stereocenters. The van der Waals surface area contributed by atoms with Crippen LogP contribution in [0.25, 0.3) is 0 Å². The molecule has 1 aliphatic rings. The molecule has 2 atom stereocenters. The summed E-state index contributed by atoms with van der Waals surface area (Å²) >= 11 is 1.57. The van der Waals surface area contributed by atoms with Gasteiger partial charge >= 0.3 is 5.97 Å². The standard InChI is InChI=1S/C29H31N3O4S/c30-28(31)21-9-4-10-26(17-21)37-25-13-11-24(12-14-25)36-19-23-16-22(18-27(33)34)29(35)32(23)15-5-8-20-6-2-1-3-7-20/h1-4,6-7,9-14,17,22-23H,5,8,15-16,18-19H2,(H3,30,31)(H,33,34)/t22-,23-/m0/s1. The fraction of sp³-hybridized carbons (Fsp3) is 0.276. The molecule has 0 aromatic heterocycles. The number of hydrogen-bond donors (Lipinski definition) is 3. The van der Waals surface area contributed by atoms with Crippen molar-refractivity contribution in [3.8, 4) is 5.75 Å². The van der Waals surface area contributed by atoms with Crippen LogP contribution in [0.15, 0.2) is 88.7 Å². The van der Waals surface area contributed by atoms with Crippen molar-refractivity contribution in [2.75, 3.05) is 13.2 Å². The Labute approximate surface area is 221 Å². The first-order valence-corrected chi connectivity index (χ1v) is 13.1. The van der Waals surface area contributed by atoms with Gasteiger partial charge in [-0.3, -0.25) is 15.0 Å². The maximum absolute atomic E-state index is 13.0. The normalized spacial score (nSPS) is 17.1. The Morgan fingerprint density at radius 1 is 1.05 bits per heavy atom. The number of nitrogen functional groups attached to an aromatic ring is 1. The summed E-state index contributed by atoms with van der Waals surface area (Å²) in [6.07, 6.45) is 2.00. The van der Waals surface area contributed by atoms with Gasteiger partial charge in [-0.1, -0.05) is 54.2 Å². The smallest absolute Gasteiger partial charge is 0.304 e. The zero-order valence-electron chi connectivity index (χ0n) is 20.5. The van der Waals surface area contributed by atoms with E-state index < -0.39 is 11.9 Å². The van der Waals surface area contributed by atoms with Crippen molar-refractivity contribution >= 4 is 29.5 Å². The summed E-state index contributed by atoms with van der Waals surface area (Å²) in [6.45, 7) is 0.896. The molecule has 7 nitrogen and oxygen atoms in total. The quantitative estimate of drug-likeness (QED) is 0.234. The zero-order chi connectivity index (χ0) is 26.2. The van der Waals surface area contributed by atoms with Crippen LogP contribution >= 0.6 is 11.8 Å². The lowest BCUT2D eigenvalue weighted by Crippen LogP contribution is -2.38. The van der Waals surface area contributed by atoms with Crippen LogP contribution in [0.1, 0.15) is 30.4 Å². The molecule has 37 heavy (non-hydrogen) atoms. The number of amides is 1. The Kier molecular flexibility index (Phi) is 8.85. The summed E-state index contributed by atoms with van der Waals surface area (Å²) in [5.74, 6) is -0.821. The lowest BCUT2D eigenvalue weighted by atomic mass is 10.0. The summed E-state index contributed by atoms with van der Waals surface area (Å²) in [5.41, 5.74) is 7.49. The molecular formula is C29H31N3O4S. The van der Waals surface area contributed by atoms with Gasteiger partial charge in [-0.15, -0.1) is 0 Å². The van der Waals surface area contributed by atoms with Crippen LogP contribution in [0.3, 0.4) is 0 Å². The van der Waals surface area contributed by atoms with Gasteiger partial charge < -0.3 is 20.5 Å². The molecule has 0 radical (unpaired) electrons. The van der Waals surface area contributed by atoms with E-state index in [-0.39, 0.29) is 24.2 Å².